The van der Waals surface area contributed by atoms with Crippen LogP contribution in [0, 0.1) is 5.41 Å². The molecular weight excluding hydrogens is 470 g/mol. The number of ether oxygens (including phenoxy) is 3. The molecule has 0 aliphatic rings. The number of anilines is 2. The average Bonchev–Trinajstić information content (AvgIpc) is 2.86. The van der Waals surface area contributed by atoms with Crippen LogP contribution in [0.5, 0.6) is 17.2 Å². The summed E-state index contributed by atoms with van der Waals surface area (Å²) in [6.45, 7) is 7.75. The molecule has 3 rings (SSSR count). The molecule has 0 saturated heterocycles. The predicted octanol–water partition coefficient (Wildman–Crippen LogP) is 4.85. The molecule has 3 aromatic rings. The number of hydrazine groups is 1. The summed E-state index contributed by atoms with van der Waals surface area (Å²) >= 11 is 0. The van der Waals surface area contributed by atoms with Gasteiger partial charge in [-0.3, -0.25) is 21.1 Å². The summed E-state index contributed by atoms with van der Waals surface area (Å²) in [7, 11) is 1.56. The minimum absolute atomic E-state index is 0.0296. The van der Waals surface area contributed by atoms with Crippen molar-refractivity contribution >= 4 is 23.1 Å². The van der Waals surface area contributed by atoms with Crippen molar-refractivity contribution in [2.45, 2.75) is 45.9 Å². The number of nitrogens with one attached hydrogen (secondary N) is 4. The molecule has 1 amide bonds. The highest BCUT2D eigenvalue weighted by Gasteiger charge is 2.23. The molecule has 196 valence electrons. The summed E-state index contributed by atoms with van der Waals surface area (Å²) in [4.78, 5) is 13.5. The maximum Gasteiger partial charge on any atom is 0.265 e. The molecule has 0 saturated carbocycles. The van der Waals surface area contributed by atoms with Crippen molar-refractivity contribution in [1.29, 1.82) is 5.41 Å². The zero-order chi connectivity index (χ0) is 26.9. The maximum absolute atomic E-state index is 13.5. The van der Waals surface area contributed by atoms with Gasteiger partial charge in [-0.2, -0.15) is 0 Å². The molecule has 1 atom stereocenters. The van der Waals surface area contributed by atoms with E-state index in [1.54, 1.807) is 43.5 Å². The number of benzene rings is 3. The van der Waals surface area contributed by atoms with Gasteiger partial charge >= 0.3 is 0 Å². The predicted molar refractivity (Wildman–Crippen MR) is 147 cm³/mol. The van der Waals surface area contributed by atoms with Crippen molar-refractivity contribution in [2.75, 3.05) is 17.9 Å². The van der Waals surface area contributed by atoms with Gasteiger partial charge in [0.25, 0.3) is 5.91 Å². The molecule has 0 fully saturated rings. The number of nitrogens with two attached hydrogens (primary N) is 1. The maximum atomic E-state index is 13.5. The van der Waals surface area contributed by atoms with E-state index in [4.69, 9.17) is 25.4 Å². The van der Waals surface area contributed by atoms with Crippen LogP contribution in [0.25, 0.3) is 0 Å². The number of rotatable bonds is 12. The van der Waals surface area contributed by atoms with E-state index in [0.717, 1.165) is 0 Å². The van der Waals surface area contributed by atoms with Gasteiger partial charge in [0.1, 0.15) is 17.6 Å². The molecule has 0 aliphatic heterocycles. The fraction of sp³-hybridized carbons (Fsp3) is 0.286. The number of amides is 1. The topological polar surface area (TPSA) is 131 Å². The Kier molecular flexibility index (Phi) is 9.21. The van der Waals surface area contributed by atoms with Crippen molar-refractivity contribution in [3.05, 3.63) is 77.9 Å². The third-order valence-electron chi connectivity index (χ3n) is 5.22. The van der Waals surface area contributed by atoms with Crippen molar-refractivity contribution in [3.63, 3.8) is 0 Å². The van der Waals surface area contributed by atoms with Crippen LogP contribution in [0.4, 0.5) is 11.4 Å². The van der Waals surface area contributed by atoms with Crippen LogP contribution < -0.4 is 36.1 Å². The quantitative estimate of drug-likeness (QED) is 0.135. The Bertz CT molecular complexity index is 1210. The molecule has 0 radical (unpaired) electrons. The lowest BCUT2D eigenvalue weighted by Crippen LogP contribution is -2.37. The smallest absolute Gasteiger partial charge is 0.265 e. The van der Waals surface area contributed by atoms with E-state index in [1.165, 1.54) is 0 Å². The lowest BCUT2D eigenvalue weighted by atomic mass is 10.0. The second-order valence-corrected chi connectivity index (χ2v) is 8.92. The number of hydrogen-bond acceptors (Lipinski definition) is 7. The zero-order valence-corrected chi connectivity index (χ0v) is 21.8. The highest BCUT2D eigenvalue weighted by molar-refractivity contribution is 5.95. The number of carbonyl (C=O) groups excluding carboxylic acids is 1. The first-order valence-electron chi connectivity index (χ1n) is 12.0. The Morgan fingerprint density at radius 2 is 1.51 bits per heavy atom. The Morgan fingerprint density at radius 1 is 0.865 bits per heavy atom. The van der Waals surface area contributed by atoms with Gasteiger partial charge in [-0.25, -0.2) is 0 Å². The van der Waals surface area contributed by atoms with E-state index >= 15 is 0 Å². The largest absolute Gasteiger partial charge is 0.495 e. The molecule has 9 heteroatoms. The number of para-hydroxylation sites is 2. The number of methoxy groups -OCH3 is 1. The molecule has 37 heavy (non-hydrogen) atoms. The molecule has 1 unspecified atom stereocenters. The van der Waals surface area contributed by atoms with Gasteiger partial charge in [0.05, 0.1) is 25.0 Å². The first kappa shape index (κ1) is 27.2. The van der Waals surface area contributed by atoms with Crippen LogP contribution in [-0.4, -0.2) is 31.1 Å². The summed E-state index contributed by atoms with van der Waals surface area (Å²) < 4.78 is 17.3. The van der Waals surface area contributed by atoms with Gasteiger partial charge in [0.2, 0.25) is 0 Å². The Morgan fingerprint density at radius 3 is 2.14 bits per heavy atom. The second-order valence-electron chi connectivity index (χ2n) is 8.92. The van der Waals surface area contributed by atoms with Crippen LogP contribution >= 0.6 is 0 Å². The molecule has 3 aromatic carbocycles. The molecule has 0 heterocycles. The van der Waals surface area contributed by atoms with Crippen LogP contribution in [0.15, 0.2) is 66.7 Å². The fourth-order valence-electron chi connectivity index (χ4n) is 3.56. The molecule has 0 spiro atoms. The molecule has 6 N–H and O–H groups in total. The Hall–Kier alpha value is -4.40. The van der Waals surface area contributed by atoms with Gasteiger partial charge in [-0.15, -0.1) is 0 Å². The lowest BCUT2D eigenvalue weighted by Gasteiger charge is -2.23. The van der Waals surface area contributed by atoms with Crippen molar-refractivity contribution in [3.8, 4) is 17.2 Å². The summed E-state index contributed by atoms with van der Waals surface area (Å²) in [6.07, 6.45) is -0.126. The van der Waals surface area contributed by atoms with Gasteiger partial charge in [-0.05, 0) is 81.8 Å². The van der Waals surface area contributed by atoms with Crippen LogP contribution in [0.2, 0.25) is 0 Å². The number of hydrogen-bond donors (Lipinski definition) is 5. The third-order valence-corrected chi connectivity index (χ3v) is 5.22. The lowest BCUT2D eigenvalue weighted by molar-refractivity contribution is -0.121. The highest BCUT2D eigenvalue weighted by Crippen LogP contribution is 2.33. The van der Waals surface area contributed by atoms with E-state index in [9.17, 15) is 4.79 Å². The number of nitrogen functional groups attached to an aromatic ring is 1. The van der Waals surface area contributed by atoms with Crippen LogP contribution in [-0.2, 0) is 4.79 Å². The minimum Gasteiger partial charge on any atom is -0.495 e. The highest BCUT2D eigenvalue weighted by atomic mass is 16.5. The summed E-state index contributed by atoms with van der Waals surface area (Å²) in [5.74, 6) is 1.37. The van der Waals surface area contributed by atoms with Crippen molar-refractivity contribution < 1.29 is 19.0 Å². The normalized spacial score (nSPS) is 11.5. The van der Waals surface area contributed by atoms with Gasteiger partial charge < -0.3 is 25.3 Å². The zero-order valence-electron chi connectivity index (χ0n) is 21.8. The molecule has 0 aromatic heterocycles. The molecule has 9 nitrogen and oxygen atoms in total. The average molecular weight is 506 g/mol. The summed E-state index contributed by atoms with van der Waals surface area (Å²) in [5, 5.41) is 10.9. The first-order chi connectivity index (χ1) is 17.7. The fourth-order valence-corrected chi connectivity index (χ4v) is 3.56. The Labute approximate surface area is 217 Å². The Balaban J connectivity index is 1.94. The monoisotopic (exact) mass is 505 g/mol. The summed E-state index contributed by atoms with van der Waals surface area (Å²) in [6, 6.07) is 18.9. The van der Waals surface area contributed by atoms with E-state index in [1.807, 2.05) is 58.0 Å². The van der Waals surface area contributed by atoms with Gasteiger partial charge in [-0.1, -0.05) is 18.2 Å². The van der Waals surface area contributed by atoms with Gasteiger partial charge in [0.15, 0.2) is 11.5 Å². The minimum atomic E-state index is -0.798. The molecule has 0 aliphatic carbocycles. The molecular formula is C28H35N5O4. The molecule has 0 bridgehead atoms. The second kappa shape index (κ2) is 12.5. The van der Waals surface area contributed by atoms with E-state index in [-0.39, 0.29) is 24.0 Å². The van der Waals surface area contributed by atoms with Crippen molar-refractivity contribution in [2.24, 2.45) is 5.73 Å². The number of carbonyl (C=O) groups is 1. The first-order valence-corrected chi connectivity index (χ1v) is 12.0. The third kappa shape index (κ3) is 7.54. The SMILES string of the molecule is COc1ccccc1NNC(=O)C(Nc1ccc(C(=N)N)cc1)c1ccc(OC(C)C)c(OC(C)C)c1. The number of amidine groups is 1. The van der Waals surface area contributed by atoms with Crippen molar-refractivity contribution in [1.82, 2.24) is 5.43 Å². The summed E-state index contributed by atoms with van der Waals surface area (Å²) in [5.41, 5.74) is 13.9. The van der Waals surface area contributed by atoms with E-state index < -0.39 is 6.04 Å². The standard InChI is InChI=1S/C28H35N5O4/c1-17(2)36-24-15-12-20(16-25(24)37-18(3)4)26(31-21-13-10-19(11-14-21)27(29)30)28(34)33-32-22-8-6-7-9-23(22)35-5/h6-18,26,31-32H,1-5H3,(H3,29,30)(H,33,34). The van der Waals surface area contributed by atoms with E-state index in [0.29, 0.717) is 39.8 Å². The van der Waals surface area contributed by atoms with Crippen LogP contribution in [0.1, 0.15) is 44.9 Å². The van der Waals surface area contributed by atoms with Crippen LogP contribution in [0.3, 0.4) is 0 Å². The van der Waals surface area contributed by atoms with Gasteiger partial charge in [0, 0.05) is 11.3 Å². The van der Waals surface area contributed by atoms with E-state index in [2.05, 4.69) is 16.2 Å².